The highest BCUT2D eigenvalue weighted by Crippen LogP contribution is 2.35. The normalized spacial score (nSPS) is 10.7. The summed E-state index contributed by atoms with van der Waals surface area (Å²) in [4.78, 5) is 13.2. The fraction of sp³-hybridized carbons (Fsp3) is 0. The predicted molar refractivity (Wildman–Crippen MR) is 119 cm³/mol. The van der Waals surface area contributed by atoms with Crippen molar-refractivity contribution in [3.63, 3.8) is 0 Å². The van der Waals surface area contributed by atoms with Gasteiger partial charge in [-0.1, -0.05) is 24.3 Å². The Bertz CT molecular complexity index is 1280. The summed E-state index contributed by atoms with van der Waals surface area (Å²) in [5, 5.41) is 4.33. The maximum Gasteiger partial charge on any atom is 0.227 e. The number of pyridine rings is 3. The van der Waals surface area contributed by atoms with E-state index in [1.54, 1.807) is 12.4 Å². The van der Waals surface area contributed by atoms with Gasteiger partial charge in [-0.2, -0.15) is 0 Å². The topological polar surface area (TPSA) is 59.9 Å². The SMILES string of the molecule is c1ccc(Nc2ccc(Oc3ncccc3-c3ccnc4ccccc34)cc2)nc1. The number of hydrogen-bond donors (Lipinski definition) is 1. The Labute approximate surface area is 174 Å². The summed E-state index contributed by atoms with van der Waals surface area (Å²) in [6.45, 7) is 0. The number of aromatic nitrogens is 3. The molecule has 0 atom stereocenters. The number of nitrogens with zero attached hydrogens (tertiary/aromatic N) is 3. The average Bonchev–Trinajstić information content (AvgIpc) is 2.81. The van der Waals surface area contributed by atoms with Crippen LogP contribution in [0.2, 0.25) is 0 Å². The van der Waals surface area contributed by atoms with Gasteiger partial charge in [0.05, 0.1) is 5.52 Å². The van der Waals surface area contributed by atoms with Gasteiger partial charge < -0.3 is 10.1 Å². The molecule has 0 amide bonds. The highest BCUT2D eigenvalue weighted by atomic mass is 16.5. The Morgan fingerprint density at radius 3 is 2.30 bits per heavy atom. The molecule has 144 valence electrons. The van der Waals surface area contributed by atoms with Gasteiger partial charge in [-0.3, -0.25) is 4.98 Å². The van der Waals surface area contributed by atoms with Crippen molar-refractivity contribution in [1.82, 2.24) is 15.0 Å². The number of hydrogen-bond acceptors (Lipinski definition) is 5. The van der Waals surface area contributed by atoms with Crippen molar-refractivity contribution in [1.29, 1.82) is 0 Å². The largest absolute Gasteiger partial charge is 0.438 e. The highest BCUT2D eigenvalue weighted by molar-refractivity contribution is 5.95. The molecule has 0 aliphatic heterocycles. The molecule has 2 aromatic carbocycles. The lowest BCUT2D eigenvalue weighted by Gasteiger charge is -2.12. The molecule has 0 bridgehead atoms. The highest BCUT2D eigenvalue weighted by Gasteiger charge is 2.12. The van der Waals surface area contributed by atoms with E-state index in [1.807, 2.05) is 85.1 Å². The second-order valence-electron chi connectivity index (χ2n) is 6.70. The van der Waals surface area contributed by atoms with Crippen LogP contribution in [-0.2, 0) is 0 Å². The molecule has 3 heterocycles. The lowest BCUT2D eigenvalue weighted by atomic mass is 10.0. The van der Waals surface area contributed by atoms with E-state index in [4.69, 9.17) is 4.74 Å². The van der Waals surface area contributed by atoms with Crippen LogP contribution in [-0.4, -0.2) is 15.0 Å². The molecule has 0 fully saturated rings. The summed E-state index contributed by atoms with van der Waals surface area (Å²) in [6, 6.07) is 27.5. The first-order valence-corrected chi connectivity index (χ1v) is 9.62. The Morgan fingerprint density at radius 2 is 1.43 bits per heavy atom. The molecule has 0 saturated carbocycles. The number of rotatable bonds is 5. The van der Waals surface area contributed by atoms with E-state index in [1.165, 1.54) is 0 Å². The van der Waals surface area contributed by atoms with E-state index < -0.39 is 0 Å². The van der Waals surface area contributed by atoms with Gasteiger partial charge in [-0.25, -0.2) is 9.97 Å². The second kappa shape index (κ2) is 8.01. The molecule has 0 radical (unpaired) electrons. The molecule has 5 aromatic rings. The van der Waals surface area contributed by atoms with Crippen LogP contribution in [0.15, 0.2) is 104 Å². The standard InChI is InChI=1S/C25H18N4O/c1-2-8-23-21(6-1)20(14-17-26-23)22-7-5-16-28-25(22)30-19-12-10-18(11-13-19)29-24-9-3-4-15-27-24/h1-17H,(H,27,29). The van der Waals surface area contributed by atoms with Crippen LogP contribution < -0.4 is 10.1 Å². The van der Waals surface area contributed by atoms with Crippen molar-refractivity contribution < 1.29 is 4.74 Å². The molecule has 5 heteroatoms. The monoisotopic (exact) mass is 390 g/mol. The maximum absolute atomic E-state index is 6.14. The van der Waals surface area contributed by atoms with E-state index in [0.29, 0.717) is 11.6 Å². The molecular formula is C25H18N4O. The smallest absolute Gasteiger partial charge is 0.227 e. The van der Waals surface area contributed by atoms with Crippen molar-refractivity contribution >= 4 is 22.4 Å². The lowest BCUT2D eigenvalue weighted by molar-refractivity contribution is 0.465. The first kappa shape index (κ1) is 17.8. The predicted octanol–water partition coefficient (Wildman–Crippen LogP) is 6.23. The fourth-order valence-electron chi connectivity index (χ4n) is 3.31. The third-order valence-corrected chi connectivity index (χ3v) is 4.72. The van der Waals surface area contributed by atoms with Gasteiger partial charge in [0.1, 0.15) is 11.6 Å². The van der Waals surface area contributed by atoms with Gasteiger partial charge in [-0.05, 0) is 66.2 Å². The zero-order valence-electron chi connectivity index (χ0n) is 16.1. The van der Waals surface area contributed by atoms with Crippen LogP contribution in [0.4, 0.5) is 11.5 Å². The quantitative estimate of drug-likeness (QED) is 0.386. The molecule has 0 spiro atoms. The number of benzene rings is 2. The Hall–Kier alpha value is -4.25. The Balaban J connectivity index is 1.44. The Kier molecular flexibility index (Phi) is 4.76. The number of fused-ring (bicyclic) bond motifs is 1. The lowest BCUT2D eigenvalue weighted by Crippen LogP contribution is -1.94. The first-order chi connectivity index (χ1) is 14.9. The van der Waals surface area contributed by atoms with Gasteiger partial charge in [-0.15, -0.1) is 0 Å². The van der Waals surface area contributed by atoms with Crippen molar-refractivity contribution in [3.8, 4) is 22.8 Å². The summed E-state index contributed by atoms with van der Waals surface area (Å²) >= 11 is 0. The zero-order valence-corrected chi connectivity index (χ0v) is 16.1. The molecule has 0 aliphatic rings. The van der Waals surface area contributed by atoms with Gasteiger partial charge in [0.25, 0.3) is 0 Å². The van der Waals surface area contributed by atoms with Gasteiger partial charge in [0, 0.05) is 35.2 Å². The molecule has 1 N–H and O–H groups in total. The third-order valence-electron chi connectivity index (χ3n) is 4.72. The van der Waals surface area contributed by atoms with Crippen LogP contribution in [0.5, 0.6) is 11.6 Å². The number of anilines is 2. The number of nitrogens with one attached hydrogen (secondary N) is 1. The van der Waals surface area contributed by atoms with E-state index in [-0.39, 0.29) is 0 Å². The van der Waals surface area contributed by atoms with Crippen molar-refractivity contribution in [2.75, 3.05) is 5.32 Å². The molecule has 5 rings (SSSR count). The van der Waals surface area contributed by atoms with Crippen LogP contribution in [0, 0.1) is 0 Å². The summed E-state index contributed by atoms with van der Waals surface area (Å²) in [6.07, 6.45) is 5.30. The van der Waals surface area contributed by atoms with Crippen LogP contribution in [0.1, 0.15) is 0 Å². The fourth-order valence-corrected chi connectivity index (χ4v) is 3.31. The van der Waals surface area contributed by atoms with Crippen LogP contribution in [0.25, 0.3) is 22.0 Å². The first-order valence-electron chi connectivity index (χ1n) is 9.62. The van der Waals surface area contributed by atoms with Crippen molar-refractivity contribution in [2.45, 2.75) is 0 Å². The zero-order chi connectivity index (χ0) is 20.2. The second-order valence-corrected chi connectivity index (χ2v) is 6.70. The minimum absolute atomic E-state index is 0.555. The number of ether oxygens (including phenoxy) is 1. The van der Waals surface area contributed by atoms with Crippen molar-refractivity contribution in [3.05, 3.63) is 104 Å². The molecule has 3 aromatic heterocycles. The van der Waals surface area contributed by atoms with Gasteiger partial charge in [0.15, 0.2) is 0 Å². The molecule has 0 unspecified atom stereocenters. The minimum Gasteiger partial charge on any atom is -0.438 e. The molecule has 5 nitrogen and oxygen atoms in total. The van der Waals surface area contributed by atoms with E-state index in [9.17, 15) is 0 Å². The average molecular weight is 390 g/mol. The summed E-state index contributed by atoms with van der Waals surface area (Å²) < 4.78 is 6.14. The molecule has 0 aliphatic carbocycles. The molecular weight excluding hydrogens is 372 g/mol. The van der Waals surface area contributed by atoms with E-state index in [0.717, 1.165) is 33.5 Å². The van der Waals surface area contributed by atoms with E-state index in [2.05, 4.69) is 26.3 Å². The summed E-state index contributed by atoms with van der Waals surface area (Å²) in [7, 11) is 0. The third kappa shape index (κ3) is 3.69. The van der Waals surface area contributed by atoms with Crippen molar-refractivity contribution in [2.24, 2.45) is 0 Å². The van der Waals surface area contributed by atoms with Crippen LogP contribution >= 0.6 is 0 Å². The van der Waals surface area contributed by atoms with E-state index >= 15 is 0 Å². The maximum atomic E-state index is 6.14. The summed E-state index contributed by atoms with van der Waals surface area (Å²) in [5.74, 6) is 2.06. The molecule has 30 heavy (non-hydrogen) atoms. The summed E-state index contributed by atoms with van der Waals surface area (Å²) in [5.41, 5.74) is 3.83. The Morgan fingerprint density at radius 1 is 0.600 bits per heavy atom. The molecule has 0 saturated heterocycles. The van der Waals surface area contributed by atoms with Gasteiger partial charge >= 0.3 is 0 Å². The van der Waals surface area contributed by atoms with Crippen LogP contribution in [0.3, 0.4) is 0 Å². The number of para-hydroxylation sites is 1. The minimum atomic E-state index is 0.555. The van der Waals surface area contributed by atoms with Gasteiger partial charge in [0.2, 0.25) is 5.88 Å².